The first-order valence-corrected chi connectivity index (χ1v) is 7.82. The predicted octanol–water partition coefficient (Wildman–Crippen LogP) is 4.18. The Morgan fingerprint density at radius 1 is 1.26 bits per heavy atom. The Kier molecular flexibility index (Phi) is 3.29. The second-order valence-electron chi connectivity index (χ2n) is 8.06. The van der Waals surface area contributed by atoms with Crippen molar-refractivity contribution in [3.05, 3.63) is 42.0 Å². The zero-order valence-corrected chi connectivity index (χ0v) is 14.4. The summed E-state index contributed by atoms with van der Waals surface area (Å²) in [4.78, 5) is 11.4. The van der Waals surface area contributed by atoms with E-state index in [4.69, 9.17) is 19.8 Å². The fraction of sp³-hybridized carbons (Fsp3) is 0.526. The van der Waals surface area contributed by atoms with E-state index in [1.807, 2.05) is 24.3 Å². The van der Waals surface area contributed by atoms with Crippen molar-refractivity contribution in [2.24, 2.45) is 10.8 Å². The van der Waals surface area contributed by atoms with Crippen LogP contribution in [0, 0.1) is 22.2 Å². The third kappa shape index (κ3) is 1.82. The first-order chi connectivity index (χ1) is 10.6. The fourth-order valence-corrected chi connectivity index (χ4v) is 4.21. The van der Waals surface area contributed by atoms with Crippen LogP contribution in [-0.4, -0.2) is 12.2 Å². The van der Waals surface area contributed by atoms with Gasteiger partial charge in [-0.15, -0.1) is 0 Å². The number of ether oxygens (including phenoxy) is 1. The topological polar surface area (TPSA) is 51.5 Å². The van der Waals surface area contributed by atoms with Gasteiger partial charge >= 0.3 is 0 Å². The van der Waals surface area contributed by atoms with Crippen LogP contribution < -0.4 is 0 Å². The molecule has 0 aliphatic carbocycles. The molecule has 0 amide bonds. The maximum atomic E-state index is 9.10. The standard InChI is InChI=1S/C19H23NO3/c1-13(11-20)14-8-7-9-15(10-14)18-19(23-22-18,16(2,3)4)17(5,6)12-21-18/h7-10H,1,12H2,2-6H3. The summed E-state index contributed by atoms with van der Waals surface area (Å²) in [5, 5.41) is 9.10. The van der Waals surface area contributed by atoms with Crippen molar-refractivity contribution in [1.29, 1.82) is 5.26 Å². The van der Waals surface area contributed by atoms with Crippen molar-refractivity contribution in [3.8, 4) is 6.07 Å². The molecule has 0 aromatic heterocycles. The number of rotatable bonds is 2. The van der Waals surface area contributed by atoms with Crippen LogP contribution in [-0.2, 0) is 20.3 Å². The van der Waals surface area contributed by atoms with Gasteiger partial charge in [-0.05, 0) is 11.6 Å². The molecule has 23 heavy (non-hydrogen) atoms. The largest absolute Gasteiger partial charge is 0.341 e. The smallest absolute Gasteiger partial charge is 0.261 e. The molecule has 2 aliphatic heterocycles. The Hall–Kier alpha value is -1.67. The van der Waals surface area contributed by atoms with Crippen LogP contribution >= 0.6 is 0 Å². The molecule has 3 rings (SSSR count). The van der Waals surface area contributed by atoms with Crippen molar-refractivity contribution in [3.63, 3.8) is 0 Å². The molecule has 1 aromatic carbocycles. The molecule has 1 aromatic rings. The van der Waals surface area contributed by atoms with E-state index < -0.39 is 11.4 Å². The highest BCUT2D eigenvalue weighted by atomic mass is 17.3. The van der Waals surface area contributed by atoms with Crippen molar-refractivity contribution < 1.29 is 14.5 Å². The highest BCUT2D eigenvalue weighted by Gasteiger charge is 2.81. The van der Waals surface area contributed by atoms with Gasteiger partial charge < -0.3 is 4.74 Å². The molecule has 2 heterocycles. The summed E-state index contributed by atoms with van der Waals surface area (Å²) >= 11 is 0. The van der Waals surface area contributed by atoms with Gasteiger partial charge in [-0.25, -0.2) is 4.89 Å². The van der Waals surface area contributed by atoms with Crippen molar-refractivity contribution in [1.82, 2.24) is 0 Å². The molecule has 2 fully saturated rings. The average Bonchev–Trinajstić information content (AvgIpc) is 2.60. The molecular formula is C19H23NO3. The third-order valence-corrected chi connectivity index (χ3v) is 5.12. The van der Waals surface area contributed by atoms with E-state index in [9.17, 15) is 0 Å². The van der Waals surface area contributed by atoms with E-state index in [-0.39, 0.29) is 10.8 Å². The first-order valence-electron chi connectivity index (χ1n) is 7.82. The van der Waals surface area contributed by atoms with E-state index in [1.165, 1.54) is 0 Å². The minimum Gasteiger partial charge on any atom is -0.341 e. The van der Waals surface area contributed by atoms with Crippen LogP contribution in [0.3, 0.4) is 0 Å². The predicted molar refractivity (Wildman–Crippen MR) is 86.9 cm³/mol. The number of nitriles is 1. The van der Waals surface area contributed by atoms with Crippen LogP contribution in [0.1, 0.15) is 45.7 Å². The number of fused-ring (bicyclic) bond motifs is 1. The Morgan fingerprint density at radius 2 is 1.96 bits per heavy atom. The zero-order chi connectivity index (χ0) is 17.1. The lowest BCUT2D eigenvalue weighted by Gasteiger charge is -2.61. The number of hydrogen-bond donors (Lipinski definition) is 0. The Balaban J connectivity index is 2.17. The molecule has 4 heteroatoms. The molecular weight excluding hydrogens is 290 g/mol. The summed E-state index contributed by atoms with van der Waals surface area (Å²) in [6.45, 7) is 15.0. The second kappa shape index (κ2) is 4.67. The molecule has 0 bridgehead atoms. The Morgan fingerprint density at radius 3 is 2.48 bits per heavy atom. The maximum Gasteiger partial charge on any atom is 0.261 e. The molecule has 0 saturated carbocycles. The lowest BCUT2D eigenvalue weighted by molar-refractivity contribution is -0.626. The molecule has 2 unspecified atom stereocenters. The van der Waals surface area contributed by atoms with Crippen LogP contribution in [0.4, 0.5) is 0 Å². The summed E-state index contributed by atoms with van der Waals surface area (Å²) in [5.41, 5.74) is 1.02. The van der Waals surface area contributed by atoms with Gasteiger partial charge in [0.1, 0.15) is 0 Å². The minimum absolute atomic E-state index is 0.201. The zero-order valence-electron chi connectivity index (χ0n) is 14.4. The normalized spacial score (nSPS) is 31.8. The van der Waals surface area contributed by atoms with Gasteiger partial charge in [0, 0.05) is 16.4 Å². The van der Waals surface area contributed by atoms with Crippen LogP contribution in [0.2, 0.25) is 0 Å². The molecule has 0 spiro atoms. The van der Waals surface area contributed by atoms with Crippen LogP contribution in [0.25, 0.3) is 5.57 Å². The van der Waals surface area contributed by atoms with E-state index in [2.05, 4.69) is 47.3 Å². The maximum absolute atomic E-state index is 9.10. The van der Waals surface area contributed by atoms with Gasteiger partial charge in [0.25, 0.3) is 5.79 Å². The van der Waals surface area contributed by atoms with Gasteiger partial charge in [0.15, 0.2) is 5.60 Å². The molecule has 2 atom stereocenters. The summed E-state index contributed by atoms with van der Waals surface area (Å²) < 4.78 is 6.18. The number of benzene rings is 1. The van der Waals surface area contributed by atoms with Gasteiger partial charge in [-0.3, -0.25) is 0 Å². The summed E-state index contributed by atoms with van der Waals surface area (Å²) in [6.07, 6.45) is 0. The van der Waals surface area contributed by atoms with Crippen molar-refractivity contribution in [2.75, 3.05) is 6.61 Å². The van der Waals surface area contributed by atoms with Gasteiger partial charge in [-0.1, -0.05) is 59.4 Å². The van der Waals surface area contributed by atoms with Gasteiger partial charge in [0.05, 0.1) is 18.2 Å². The molecule has 0 N–H and O–H groups in total. The average molecular weight is 313 g/mol. The molecule has 0 radical (unpaired) electrons. The summed E-state index contributed by atoms with van der Waals surface area (Å²) in [6, 6.07) is 9.72. The van der Waals surface area contributed by atoms with Gasteiger partial charge in [0.2, 0.25) is 0 Å². The quantitative estimate of drug-likeness (QED) is 0.607. The SMILES string of the molecule is C=C(C#N)c1cccc(C23OCC(C)(C)C2(C(C)(C)C)OO3)c1. The summed E-state index contributed by atoms with van der Waals surface area (Å²) in [7, 11) is 0. The lowest BCUT2D eigenvalue weighted by Crippen LogP contribution is -2.73. The number of hydrogen-bond acceptors (Lipinski definition) is 4. The first kappa shape index (κ1) is 16.2. The number of nitrogens with zero attached hydrogens (tertiary/aromatic N) is 1. The Bertz CT molecular complexity index is 710. The van der Waals surface area contributed by atoms with E-state index in [0.29, 0.717) is 12.2 Å². The van der Waals surface area contributed by atoms with E-state index in [1.54, 1.807) is 0 Å². The molecule has 4 nitrogen and oxygen atoms in total. The van der Waals surface area contributed by atoms with E-state index in [0.717, 1.165) is 11.1 Å². The summed E-state index contributed by atoms with van der Waals surface area (Å²) in [5.74, 6) is -0.958. The van der Waals surface area contributed by atoms with Crippen LogP contribution in [0.5, 0.6) is 0 Å². The Labute approximate surface area is 137 Å². The van der Waals surface area contributed by atoms with Crippen molar-refractivity contribution in [2.45, 2.75) is 46.0 Å². The minimum atomic E-state index is -0.958. The molecule has 122 valence electrons. The molecule has 2 saturated heterocycles. The fourth-order valence-electron chi connectivity index (χ4n) is 4.21. The van der Waals surface area contributed by atoms with Crippen LogP contribution in [0.15, 0.2) is 30.8 Å². The second-order valence-corrected chi connectivity index (χ2v) is 8.06. The molecule has 2 aliphatic rings. The lowest BCUT2D eigenvalue weighted by atomic mass is 9.57. The van der Waals surface area contributed by atoms with E-state index >= 15 is 0 Å². The highest BCUT2D eigenvalue weighted by Crippen LogP contribution is 2.69. The van der Waals surface area contributed by atoms with Gasteiger partial charge in [-0.2, -0.15) is 10.1 Å². The number of allylic oxidation sites excluding steroid dienone is 1. The monoisotopic (exact) mass is 313 g/mol. The van der Waals surface area contributed by atoms with Crippen molar-refractivity contribution >= 4 is 5.57 Å². The highest BCUT2D eigenvalue weighted by molar-refractivity contribution is 5.75. The third-order valence-electron chi connectivity index (χ3n) is 5.12.